The number of aromatic nitrogens is 1. The van der Waals surface area contributed by atoms with E-state index in [1.54, 1.807) is 6.07 Å². The minimum absolute atomic E-state index is 0.0426. The van der Waals surface area contributed by atoms with E-state index in [-0.39, 0.29) is 5.88 Å². The molecule has 1 aromatic rings. The fourth-order valence-corrected chi connectivity index (χ4v) is 1.18. The van der Waals surface area contributed by atoms with Gasteiger partial charge < -0.3 is 15.2 Å². The number of nitrogens with zero attached hydrogens (tertiary/aromatic N) is 1. The zero-order valence-electron chi connectivity index (χ0n) is 6.58. The molecule has 0 radical (unpaired) electrons. The predicted molar refractivity (Wildman–Crippen MR) is 43.1 cm³/mol. The average Bonchev–Trinajstić information content (AvgIpc) is 2.28. The van der Waals surface area contributed by atoms with E-state index in [1.807, 2.05) is 0 Å². The van der Waals surface area contributed by atoms with Crippen molar-refractivity contribution in [2.75, 3.05) is 13.2 Å². The van der Waals surface area contributed by atoms with Gasteiger partial charge in [0.25, 0.3) is 0 Å². The summed E-state index contributed by atoms with van der Waals surface area (Å²) in [6.07, 6.45) is 0. The van der Waals surface area contributed by atoms with Gasteiger partial charge in [-0.25, -0.2) is 4.98 Å². The largest absolute Gasteiger partial charge is 0.493 e. The SMILES string of the molecule is Oc1ccc2c(n1)CNCCO2. The van der Waals surface area contributed by atoms with Crippen LogP contribution in [0.4, 0.5) is 0 Å². The van der Waals surface area contributed by atoms with Crippen molar-refractivity contribution < 1.29 is 9.84 Å². The first-order valence-electron chi connectivity index (χ1n) is 3.88. The zero-order valence-corrected chi connectivity index (χ0v) is 6.58. The molecule has 0 amide bonds. The molecule has 1 aliphatic rings. The van der Waals surface area contributed by atoms with Crippen molar-refractivity contribution in [2.24, 2.45) is 0 Å². The Morgan fingerprint density at radius 1 is 1.50 bits per heavy atom. The maximum Gasteiger partial charge on any atom is 0.211 e. The molecule has 1 aromatic heterocycles. The van der Waals surface area contributed by atoms with Gasteiger partial charge in [0, 0.05) is 19.2 Å². The second-order valence-electron chi connectivity index (χ2n) is 2.64. The third-order valence-corrected chi connectivity index (χ3v) is 1.75. The predicted octanol–water partition coefficient (Wildman–Crippen LogP) is 0.269. The zero-order chi connectivity index (χ0) is 8.39. The average molecular weight is 166 g/mol. The highest BCUT2D eigenvalue weighted by molar-refractivity contribution is 5.31. The molecule has 4 nitrogen and oxygen atoms in total. The quantitative estimate of drug-likeness (QED) is 0.581. The van der Waals surface area contributed by atoms with Crippen molar-refractivity contribution in [1.29, 1.82) is 0 Å². The Morgan fingerprint density at radius 2 is 2.42 bits per heavy atom. The summed E-state index contributed by atoms with van der Waals surface area (Å²) in [7, 11) is 0. The number of pyridine rings is 1. The van der Waals surface area contributed by atoms with Gasteiger partial charge >= 0.3 is 0 Å². The number of rotatable bonds is 0. The van der Waals surface area contributed by atoms with E-state index in [1.165, 1.54) is 6.07 Å². The Kier molecular flexibility index (Phi) is 1.83. The lowest BCUT2D eigenvalue weighted by molar-refractivity contribution is 0.324. The van der Waals surface area contributed by atoms with Crippen LogP contribution in [0.5, 0.6) is 11.6 Å². The lowest BCUT2D eigenvalue weighted by atomic mass is 10.3. The number of hydrogen-bond donors (Lipinski definition) is 2. The molecule has 0 aromatic carbocycles. The Morgan fingerprint density at radius 3 is 3.33 bits per heavy atom. The van der Waals surface area contributed by atoms with Crippen LogP contribution in [-0.4, -0.2) is 23.2 Å². The second-order valence-corrected chi connectivity index (χ2v) is 2.64. The maximum atomic E-state index is 9.09. The van der Waals surface area contributed by atoms with E-state index in [2.05, 4.69) is 10.3 Å². The molecule has 0 spiro atoms. The maximum absolute atomic E-state index is 9.09. The van der Waals surface area contributed by atoms with Crippen molar-refractivity contribution >= 4 is 0 Å². The number of ether oxygens (including phenoxy) is 1. The van der Waals surface area contributed by atoms with E-state index in [4.69, 9.17) is 9.84 Å². The van der Waals surface area contributed by atoms with E-state index in [9.17, 15) is 0 Å². The monoisotopic (exact) mass is 166 g/mol. The third kappa shape index (κ3) is 1.33. The summed E-state index contributed by atoms with van der Waals surface area (Å²) in [5, 5.41) is 12.2. The van der Waals surface area contributed by atoms with Gasteiger partial charge in [0.1, 0.15) is 18.1 Å². The molecule has 0 bridgehead atoms. The molecule has 2 heterocycles. The number of nitrogens with one attached hydrogen (secondary N) is 1. The van der Waals surface area contributed by atoms with E-state index in [0.717, 1.165) is 18.0 Å². The fraction of sp³-hybridized carbons (Fsp3) is 0.375. The third-order valence-electron chi connectivity index (χ3n) is 1.75. The van der Waals surface area contributed by atoms with Gasteiger partial charge in [-0.2, -0.15) is 0 Å². The smallest absolute Gasteiger partial charge is 0.211 e. The van der Waals surface area contributed by atoms with Gasteiger partial charge in [-0.05, 0) is 6.07 Å². The number of fused-ring (bicyclic) bond motifs is 1. The number of hydrogen-bond acceptors (Lipinski definition) is 4. The van der Waals surface area contributed by atoms with Gasteiger partial charge in [-0.15, -0.1) is 0 Å². The summed E-state index contributed by atoms with van der Waals surface area (Å²) in [5.74, 6) is 0.804. The molecular weight excluding hydrogens is 156 g/mol. The Bertz CT molecular complexity index is 288. The molecule has 4 heteroatoms. The molecule has 0 saturated carbocycles. The van der Waals surface area contributed by atoms with Crippen LogP contribution in [0.15, 0.2) is 12.1 Å². The standard InChI is InChI=1S/C8H10N2O2/c11-8-2-1-7-6(10-8)5-9-3-4-12-7/h1-2,9H,3-5H2,(H,10,11). The summed E-state index contributed by atoms with van der Waals surface area (Å²) in [6, 6.07) is 3.27. The molecule has 0 fully saturated rings. The van der Waals surface area contributed by atoms with Gasteiger partial charge in [0.2, 0.25) is 5.88 Å². The Hall–Kier alpha value is -1.29. The second kappa shape index (κ2) is 2.98. The van der Waals surface area contributed by atoms with Crippen molar-refractivity contribution in [3.8, 4) is 11.6 Å². The first kappa shape index (κ1) is 7.36. The fourth-order valence-electron chi connectivity index (χ4n) is 1.18. The van der Waals surface area contributed by atoms with Crippen LogP contribution < -0.4 is 10.1 Å². The molecule has 0 unspecified atom stereocenters. The Labute approximate surface area is 70.2 Å². The van der Waals surface area contributed by atoms with Crippen LogP contribution in [0.3, 0.4) is 0 Å². The topological polar surface area (TPSA) is 54.4 Å². The summed E-state index contributed by atoms with van der Waals surface area (Å²) >= 11 is 0. The minimum Gasteiger partial charge on any atom is -0.493 e. The van der Waals surface area contributed by atoms with Crippen LogP contribution in [0, 0.1) is 0 Å². The van der Waals surface area contributed by atoms with E-state index >= 15 is 0 Å². The summed E-state index contributed by atoms with van der Waals surface area (Å²) in [4.78, 5) is 3.94. The molecule has 0 atom stereocenters. The van der Waals surface area contributed by atoms with Crippen molar-refractivity contribution in [3.05, 3.63) is 17.8 Å². The van der Waals surface area contributed by atoms with Gasteiger partial charge in [-0.1, -0.05) is 0 Å². The lowest BCUT2D eigenvalue weighted by Gasteiger charge is -2.04. The van der Waals surface area contributed by atoms with Gasteiger partial charge in [0.05, 0.1) is 0 Å². The minimum atomic E-state index is 0.0426. The molecule has 1 aliphatic heterocycles. The van der Waals surface area contributed by atoms with E-state index in [0.29, 0.717) is 13.2 Å². The van der Waals surface area contributed by atoms with E-state index < -0.39 is 0 Å². The highest BCUT2D eigenvalue weighted by atomic mass is 16.5. The van der Waals surface area contributed by atoms with Crippen LogP contribution >= 0.6 is 0 Å². The van der Waals surface area contributed by atoms with Crippen molar-refractivity contribution in [1.82, 2.24) is 10.3 Å². The molecule has 2 N–H and O–H groups in total. The molecule has 2 rings (SSSR count). The molecule has 0 saturated heterocycles. The van der Waals surface area contributed by atoms with Crippen LogP contribution in [0.25, 0.3) is 0 Å². The van der Waals surface area contributed by atoms with Crippen LogP contribution in [-0.2, 0) is 6.54 Å². The summed E-state index contributed by atoms with van der Waals surface area (Å²) in [6.45, 7) is 2.13. The highest BCUT2D eigenvalue weighted by Gasteiger charge is 2.09. The summed E-state index contributed by atoms with van der Waals surface area (Å²) < 4.78 is 5.37. The Balaban J connectivity index is 2.36. The van der Waals surface area contributed by atoms with Gasteiger partial charge in [0.15, 0.2) is 0 Å². The lowest BCUT2D eigenvalue weighted by Crippen LogP contribution is -2.16. The van der Waals surface area contributed by atoms with Crippen molar-refractivity contribution in [3.63, 3.8) is 0 Å². The van der Waals surface area contributed by atoms with Crippen LogP contribution in [0.1, 0.15) is 5.69 Å². The van der Waals surface area contributed by atoms with Crippen molar-refractivity contribution in [2.45, 2.75) is 6.54 Å². The van der Waals surface area contributed by atoms with Crippen LogP contribution in [0.2, 0.25) is 0 Å². The number of aromatic hydroxyl groups is 1. The first-order valence-corrected chi connectivity index (χ1v) is 3.88. The first-order chi connectivity index (χ1) is 5.86. The molecular formula is C8H10N2O2. The normalized spacial score (nSPS) is 16.0. The molecule has 64 valence electrons. The molecule has 0 aliphatic carbocycles. The summed E-state index contributed by atoms with van der Waals surface area (Å²) in [5.41, 5.74) is 0.771. The van der Waals surface area contributed by atoms with Gasteiger partial charge in [-0.3, -0.25) is 0 Å². The molecule has 12 heavy (non-hydrogen) atoms. The highest BCUT2D eigenvalue weighted by Crippen LogP contribution is 2.20.